The van der Waals surface area contributed by atoms with E-state index in [4.69, 9.17) is 16.3 Å². The maximum atomic E-state index is 12.1. The molecule has 0 atom stereocenters. The summed E-state index contributed by atoms with van der Waals surface area (Å²) in [6.07, 6.45) is 3.70. The average Bonchev–Trinajstić information content (AvgIpc) is 3.02. The smallest absolute Gasteiger partial charge is 0.331 e. The van der Waals surface area contributed by atoms with Crippen LogP contribution in [-0.4, -0.2) is 33.9 Å². The Hall–Kier alpha value is -2.54. The fraction of sp³-hybridized carbons (Fsp3) is 0.353. The zero-order valence-corrected chi connectivity index (χ0v) is 15.0. The number of halogens is 1. The van der Waals surface area contributed by atoms with E-state index in [1.165, 1.54) is 30.9 Å². The van der Waals surface area contributed by atoms with Crippen LogP contribution >= 0.6 is 11.6 Å². The molecule has 0 aliphatic heterocycles. The van der Waals surface area contributed by atoms with Crippen molar-refractivity contribution >= 4 is 29.2 Å². The highest BCUT2D eigenvalue weighted by atomic mass is 35.5. The Balaban J connectivity index is 1.94. The van der Waals surface area contributed by atoms with Crippen molar-refractivity contribution in [2.24, 2.45) is 0 Å². The molecule has 0 spiro atoms. The number of benzene rings is 1. The van der Waals surface area contributed by atoms with Crippen molar-refractivity contribution in [1.82, 2.24) is 9.78 Å². The van der Waals surface area contributed by atoms with Gasteiger partial charge in [-0.1, -0.05) is 17.7 Å². The third-order valence-corrected chi connectivity index (χ3v) is 4.11. The van der Waals surface area contributed by atoms with Crippen LogP contribution in [0.4, 0.5) is 5.69 Å². The fourth-order valence-corrected chi connectivity index (χ4v) is 2.42. The maximum Gasteiger partial charge on any atom is 0.331 e. The van der Waals surface area contributed by atoms with Gasteiger partial charge in [0.05, 0.1) is 24.0 Å². The Labute approximate surface area is 150 Å². The highest BCUT2D eigenvalue weighted by Crippen LogP contribution is 2.25. The van der Waals surface area contributed by atoms with E-state index in [0.717, 1.165) is 5.56 Å². The number of methoxy groups -OCH3 is 1. The van der Waals surface area contributed by atoms with Gasteiger partial charge in [0.1, 0.15) is 5.75 Å². The SMILES string of the molecule is COc1ccc(CCC(=O)Nc2cnn(C(C)(C)C(=O)O)c2)cc1Cl. The first-order chi connectivity index (χ1) is 11.7. The van der Waals surface area contributed by atoms with Crippen LogP contribution in [0.25, 0.3) is 0 Å². The van der Waals surface area contributed by atoms with Gasteiger partial charge in [0.15, 0.2) is 5.54 Å². The van der Waals surface area contributed by atoms with Gasteiger partial charge in [0.25, 0.3) is 0 Å². The number of anilines is 1. The van der Waals surface area contributed by atoms with Gasteiger partial charge >= 0.3 is 5.97 Å². The molecule has 25 heavy (non-hydrogen) atoms. The first-order valence-corrected chi connectivity index (χ1v) is 8.02. The normalized spacial score (nSPS) is 11.2. The predicted octanol–water partition coefficient (Wildman–Crippen LogP) is 2.94. The highest BCUT2D eigenvalue weighted by Gasteiger charge is 2.30. The molecule has 0 radical (unpaired) electrons. The topological polar surface area (TPSA) is 93.5 Å². The maximum absolute atomic E-state index is 12.1. The number of carboxylic acids is 1. The predicted molar refractivity (Wildman–Crippen MR) is 94.1 cm³/mol. The highest BCUT2D eigenvalue weighted by molar-refractivity contribution is 6.32. The Morgan fingerprint density at radius 3 is 2.72 bits per heavy atom. The molecule has 8 heteroatoms. The van der Waals surface area contributed by atoms with Crippen LogP contribution in [0.2, 0.25) is 5.02 Å². The van der Waals surface area contributed by atoms with E-state index in [1.807, 2.05) is 6.07 Å². The second-order valence-corrected chi connectivity index (χ2v) is 6.46. The molecule has 134 valence electrons. The van der Waals surface area contributed by atoms with E-state index in [2.05, 4.69) is 10.4 Å². The first-order valence-electron chi connectivity index (χ1n) is 7.65. The molecule has 1 heterocycles. The number of ether oxygens (including phenoxy) is 1. The number of hydrogen-bond acceptors (Lipinski definition) is 4. The second kappa shape index (κ2) is 7.57. The molecule has 0 aliphatic rings. The van der Waals surface area contributed by atoms with Crippen molar-refractivity contribution in [3.8, 4) is 5.75 Å². The monoisotopic (exact) mass is 365 g/mol. The van der Waals surface area contributed by atoms with Gasteiger partial charge in [-0.15, -0.1) is 0 Å². The van der Waals surface area contributed by atoms with Crippen LogP contribution in [0.15, 0.2) is 30.6 Å². The van der Waals surface area contributed by atoms with Crippen LogP contribution < -0.4 is 10.1 Å². The Kier molecular flexibility index (Phi) is 5.69. The lowest BCUT2D eigenvalue weighted by Gasteiger charge is -2.19. The Bertz CT molecular complexity index is 786. The molecule has 2 aromatic rings. The lowest BCUT2D eigenvalue weighted by Crippen LogP contribution is -2.35. The average molecular weight is 366 g/mol. The molecule has 7 nitrogen and oxygen atoms in total. The summed E-state index contributed by atoms with van der Waals surface area (Å²) in [5, 5.41) is 16.4. The summed E-state index contributed by atoms with van der Waals surface area (Å²) in [4.78, 5) is 23.3. The minimum Gasteiger partial charge on any atom is -0.495 e. The molecule has 0 unspecified atom stereocenters. The number of hydrogen-bond donors (Lipinski definition) is 2. The third kappa shape index (κ3) is 4.51. The second-order valence-electron chi connectivity index (χ2n) is 6.05. The number of carbonyl (C=O) groups is 2. The van der Waals surface area contributed by atoms with Crippen LogP contribution in [0.3, 0.4) is 0 Å². The van der Waals surface area contributed by atoms with Crippen molar-refractivity contribution in [3.05, 3.63) is 41.2 Å². The number of aliphatic carboxylic acids is 1. The van der Waals surface area contributed by atoms with E-state index in [1.54, 1.807) is 19.2 Å². The molecule has 1 aromatic heterocycles. The number of nitrogens with one attached hydrogen (secondary N) is 1. The zero-order valence-electron chi connectivity index (χ0n) is 14.2. The minimum atomic E-state index is -1.19. The largest absolute Gasteiger partial charge is 0.495 e. The van der Waals surface area contributed by atoms with Crippen LogP contribution in [-0.2, 0) is 21.5 Å². The summed E-state index contributed by atoms with van der Waals surface area (Å²) >= 11 is 6.06. The van der Waals surface area contributed by atoms with Crippen molar-refractivity contribution in [2.75, 3.05) is 12.4 Å². The van der Waals surface area contributed by atoms with Gasteiger partial charge in [0, 0.05) is 12.6 Å². The van der Waals surface area contributed by atoms with Crippen LogP contribution in [0.1, 0.15) is 25.8 Å². The van der Waals surface area contributed by atoms with Gasteiger partial charge < -0.3 is 15.2 Å². The lowest BCUT2D eigenvalue weighted by atomic mass is 10.1. The molecule has 0 aliphatic carbocycles. The molecule has 0 bridgehead atoms. The van der Waals surface area contributed by atoms with E-state index < -0.39 is 11.5 Å². The van der Waals surface area contributed by atoms with E-state index in [-0.39, 0.29) is 12.3 Å². The van der Waals surface area contributed by atoms with Crippen LogP contribution in [0, 0.1) is 0 Å². The van der Waals surface area contributed by atoms with Crippen molar-refractivity contribution < 1.29 is 19.4 Å². The molecule has 1 aromatic carbocycles. The summed E-state index contributed by atoms with van der Waals surface area (Å²) in [7, 11) is 1.54. The number of rotatable bonds is 7. The summed E-state index contributed by atoms with van der Waals surface area (Å²) in [6.45, 7) is 3.06. The number of carbonyl (C=O) groups excluding carboxylic acids is 1. The molecule has 0 fully saturated rings. The van der Waals surface area contributed by atoms with E-state index in [9.17, 15) is 14.7 Å². The Morgan fingerprint density at radius 2 is 2.12 bits per heavy atom. The van der Waals surface area contributed by atoms with Crippen molar-refractivity contribution in [3.63, 3.8) is 0 Å². The van der Waals surface area contributed by atoms with Crippen molar-refractivity contribution in [1.29, 1.82) is 0 Å². The minimum absolute atomic E-state index is 0.195. The van der Waals surface area contributed by atoms with Gasteiger partial charge in [-0.25, -0.2) is 4.79 Å². The van der Waals surface area contributed by atoms with Crippen molar-refractivity contribution in [2.45, 2.75) is 32.2 Å². The van der Waals surface area contributed by atoms with Gasteiger partial charge in [-0.2, -0.15) is 5.10 Å². The number of aryl methyl sites for hydroxylation is 1. The number of nitrogens with zero attached hydrogens (tertiary/aromatic N) is 2. The number of aromatic nitrogens is 2. The summed E-state index contributed by atoms with van der Waals surface area (Å²) in [5.41, 5.74) is 0.179. The molecule has 0 saturated heterocycles. The Morgan fingerprint density at radius 1 is 1.40 bits per heavy atom. The third-order valence-electron chi connectivity index (χ3n) is 3.82. The molecule has 2 N–H and O–H groups in total. The summed E-state index contributed by atoms with van der Waals surface area (Å²) in [5.74, 6) is -0.618. The zero-order chi connectivity index (χ0) is 18.6. The molecule has 1 amide bonds. The lowest BCUT2D eigenvalue weighted by molar-refractivity contribution is -0.146. The molecule has 2 rings (SSSR count). The molecule has 0 saturated carbocycles. The van der Waals surface area contributed by atoms with E-state index in [0.29, 0.717) is 22.9 Å². The fourth-order valence-electron chi connectivity index (χ4n) is 2.14. The molecular weight excluding hydrogens is 346 g/mol. The number of carboxylic acid groups (broad SMARTS) is 1. The molecular formula is C17H20ClN3O4. The first kappa shape index (κ1) is 18.8. The van der Waals surface area contributed by atoms with Crippen LogP contribution in [0.5, 0.6) is 5.75 Å². The van der Waals surface area contributed by atoms with Gasteiger partial charge in [0.2, 0.25) is 5.91 Å². The van der Waals surface area contributed by atoms with E-state index >= 15 is 0 Å². The summed E-state index contributed by atoms with van der Waals surface area (Å²) < 4.78 is 6.39. The standard InChI is InChI=1S/C17H20ClN3O4/c1-17(2,16(23)24)21-10-12(9-19-21)20-15(22)7-5-11-4-6-14(25-3)13(18)8-11/h4,6,8-10H,5,7H2,1-3H3,(H,20,22)(H,23,24). The summed E-state index contributed by atoms with van der Waals surface area (Å²) in [6, 6.07) is 5.38. The van der Waals surface area contributed by atoms with Gasteiger partial charge in [-0.05, 0) is 38.0 Å². The quantitative estimate of drug-likeness (QED) is 0.786. The van der Waals surface area contributed by atoms with Gasteiger partial charge in [-0.3, -0.25) is 9.48 Å². The number of amides is 1.